The smallest absolute Gasteiger partial charge is 0.207 e. The summed E-state index contributed by atoms with van der Waals surface area (Å²) in [7, 11) is -3.45. The maximum Gasteiger partial charge on any atom is 0.243 e. The first-order valence-corrected chi connectivity index (χ1v) is 9.10. The minimum Gasteiger partial charge on any atom is -0.207 e. The average molecular weight is 324 g/mol. The van der Waals surface area contributed by atoms with Crippen LogP contribution in [0.2, 0.25) is 5.02 Å². The van der Waals surface area contributed by atoms with Crippen LogP contribution in [-0.2, 0) is 10.0 Å². The van der Waals surface area contributed by atoms with Crippen molar-refractivity contribution in [3.63, 3.8) is 0 Å². The highest BCUT2D eigenvalue weighted by Gasteiger charge is 2.26. The molecule has 0 N–H and O–H groups in total. The highest BCUT2D eigenvalue weighted by Crippen LogP contribution is 2.30. The first-order chi connectivity index (χ1) is 10.1. The van der Waals surface area contributed by atoms with Crippen molar-refractivity contribution in [1.29, 1.82) is 0 Å². The third kappa shape index (κ3) is 2.80. The van der Waals surface area contributed by atoms with Crippen LogP contribution < -0.4 is 0 Å². The molecule has 2 aromatic carbocycles. The maximum atomic E-state index is 12.9. The molecule has 0 spiro atoms. The lowest BCUT2D eigenvalue weighted by Crippen LogP contribution is -2.32. The van der Waals surface area contributed by atoms with Gasteiger partial charge in [-0.15, -0.1) is 0 Å². The van der Waals surface area contributed by atoms with Gasteiger partial charge in [0.2, 0.25) is 10.0 Å². The second kappa shape index (κ2) is 5.95. The molecule has 2 aromatic rings. The van der Waals surface area contributed by atoms with Gasteiger partial charge in [-0.25, -0.2) is 8.42 Å². The van der Waals surface area contributed by atoms with Gasteiger partial charge in [-0.3, -0.25) is 0 Å². The van der Waals surface area contributed by atoms with Crippen molar-refractivity contribution in [3.05, 3.63) is 41.4 Å². The van der Waals surface area contributed by atoms with Crippen molar-refractivity contribution in [2.24, 2.45) is 0 Å². The predicted molar refractivity (Wildman–Crippen MR) is 86.2 cm³/mol. The molecular weight excluding hydrogens is 306 g/mol. The number of benzene rings is 2. The fourth-order valence-electron chi connectivity index (χ4n) is 2.89. The van der Waals surface area contributed by atoms with Crippen molar-refractivity contribution in [3.8, 4) is 0 Å². The van der Waals surface area contributed by atoms with Crippen LogP contribution >= 0.6 is 11.6 Å². The zero-order chi connectivity index (χ0) is 14.9. The fraction of sp³-hybridized carbons (Fsp3) is 0.375. The molecule has 0 aliphatic carbocycles. The number of hydrogen-bond acceptors (Lipinski definition) is 2. The van der Waals surface area contributed by atoms with E-state index in [1.807, 2.05) is 12.1 Å². The van der Waals surface area contributed by atoms with Gasteiger partial charge in [0.1, 0.15) is 0 Å². The molecule has 1 saturated heterocycles. The van der Waals surface area contributed by atoms with Crippen molar-refractivity contribution < 1.29 is 8.42 Å². The van der Waals surface area contributed by atoms with Gasteiger partial charge in [-0.2, -0.15) is 4.31 Å². The molecule has 1 aliphatic heterocycles. The molecule has 0 radical (unpaired) electrons. The predicted octanol–water partition coefficient (Wildman–Crippen LogP) is 4.06. The minimum atomic E-state index is -3.45. The Morgan fingerprint density at radius 1 is 0.857 bits per heavy atom. The summed E-state index contributed by atoms with van der Waals surface area (Å²) >= 11 is 6.18. The zero-order valence-corrected chi connectivity index (χ0v) is 13.3. The van der Waals surface area contributed by atoms with E-state index < -0.39 is 10.0 Å². The third-order valence-electron chi connectivity index (χ3n) is 4.01. The number of sulfonamides is 1. The summed E-state index contributed by atoms with van der Waals surface area (Å²) in [5, 5.41) is 2.07. The number of hydrogen-bond donors (Lipinski definition) is 0. The van der Waals surface area contributed by atoms with Crippen LogP contribution in [-0.4, -0.2) is 25.8 Å². The zero-order valence-electron chi connectivity index (χ0n) is 11.8. The molecule has 0 saturated carbocycles. The average Bonchev–Trinajstić information content (AvgIpc) is 2.77. The fourth-order valence-corrected chi connectivity index (χ4v) is 4.85. The Balaban J connectivity index is 2.12. The van der Waals surface area contributed by atoms with E-state index in [4.69, 9.17) is 11.6 Å². The molecule has 3 nitrogen and oxygen atoms in total. The van der Waals surface area contributed by atoms with Crippen LogP contribution in [0.1, 0.15) is 25.7 Å². The van der Waals surface area contributed by atoms with Crippen molar-refractivity contribution in [2.75, 3.05) is 13.1 Å². The molecule has 1 aliphatic rings. The van der Waals surface area contributed by atoms with Gasteiger partial charge in [0.05, 0.1) is 4.90 Å². The van der Waals surface area contributed by atoms with E-state index in [1.165, 1.54) is 0 Å². The van der Waals surface area contributed by atoms with Crippen LogP contribution in [0.5, 0.6) is 0 Å². The number of fused-ring (bicyclic) bond motifs is 1. The first kappa shape index (κ1) is 14.8. The molecule has 112 valence electrons. The van der Waals surface area contributed by atoms with Crippen LogP contribution in [0.4, 0.5) is 0 Å². The van der Waals surface area contributed by atoms with E-state index in [2.05, 4.69) is 0 Å². The Morgan fingerprint density at radius 3 is 2.19 bits per heavy atom. The summed E-state index contributed by atoms with van der Waals surface area (Å²) in [5.74, 6) is 0. The molecule has 3 rings (SSSR count). The Hall–Kier alpha value is -1.10. The minimum absolute atomic E-state index is 0.365. The van der Waals surface area contributed by atoms with E-state index in [9.17, 15) is 8.42 Å². The molecule has 5 heteroatoms. The van der Waals surface area contributed by atoms with E-state index >= 15 is 0 Å². The summed E-state index contributed by atoms with van der Waals surface area (Å²) in [6.45, 7) is 1.22. The van der Waals surface area contributed by atoms with E-state index in [0.29, 0.717) is 28.4 Å². The lowest BCUT2D eigenvalue weighted by Gasteiger charge is -2.21. The summed E-state index contributed by atoms with van der Waals surface area (Å²) in [6, 6.07) is 10.7. The van der Waals surface area contributed by atoms with Gasteiger partial charge in [-0.05, 0) is 25.0 Å². The van der Waals surface area contributed by atoms with E-state index in [1.54, 1.807) is 28.6 Å². The Bertz CT molecular complexity index is 750. The molecule has 1 heterocycles. The number of rotatable bonds is 2. The molecule has 0 atom stereocenters. The molecule has 0 aromatic heterocycles. The van der Waals surface area contributed by atoms with Crippen LogP contribution in [0.15, 0.2) is 41.3 Å². The SMILES string of the molecule is O=S(=O)(c1cccc2c(Cl)cccc12)N1CCCCCC1. The van der Waals surface area contributed by atoms with Crippen molar-refractivity contribution in [2.45, 2.75) is 30.6 Å². The van der Waals surface area contributed by atoms with Gasteiger partial charge in [0, 0.05) is 28.9 Å². The standard InChI is InChI=1S/C16H18ClNO2S/c17-15-9-5-8-14-13(15)7-6-10-16(14)21(19,20)18-11-3-1-2-4-12-18/h5-10H,1-4,11-12H2. The third-order valence-corrected chi connectivity index (χ3v) is 6.30. The van der Waals surface area contributed by atoms with Crippen LogP contribution in [0.25, 0.3) is 10.8 Å². The van der Waals surface area contributed by atoms with E-state index in [-0.39, 0.29) is 0 Å². The van der Waals surface area contributed by atoms with Crippen molar-refractivity contribution >= 4 is 32.4 Å². The largest absolute Gasteiger partial charge is 0.243 e. The number of nitrogens with zero attached hydrogens (tertiary/aromatic N) is 1. The van der Waals surface area contributed by atoms with Gasteiger partial charge < -0.3 is 0 Å². The normalized spacial score (nSPS) is 17.8. The Kier molecular flexibility index (Phi) is 4.20. The van der Waals surface area contributed by atoms with Gasteiger partial charge in [0.25, 0.3) is 0 Å². The van der Waals surface area contributed by atoms with Crippen LogP contribution in [0, 0.1) is 0 Å². The highest BCUT2D eigenvalue weighted by atomic mass is 35.5. The molecular formula is C16H18ClNO2S. The second-order valence-electron chi connectivity index (χ2n) is 5.41. The monoisotopic (exact) mass is 323 g/mol. The topological polar surface area (TPSA) is 37.4 Å². The molecule has 1 fully saturated rings. The van der Waals surface area contributed by atoms with Crippen molar-refractivity contribution in [1.82, 2.24) is 4.31 Å². The molecule has 0 bridgehead atoms. The molecule has 0 unspecified atom stereocenters. The lowest BCUT2D eigenvalue weighted by molar-refractivity contribution is 0.424. The summed E-state index contributed by atoms with van der Waals surface area (Å²) in [4.78, 5) is 0.365. The molecule has 21 heavy (non-hydrogen) atoms. The quantitative estimate of drug-likeness (QED) is 0.835. The van der Waals surface area contributed by atoms with Crippen LogP contribution in [0.3, 0.4) is 0 Å². The Morgan fingerprint density at radius 2 is 1.48 bits per heavy atom. The van der Waals surface area contributed by atoms with E-state index in [0.717, 1.165) is 31.1 Å². The highest BCUT2D eigenvalue weighted by molar-refractivity contribution is 7.89. The van der Waals surface area contributed by atoms with Gasteiger partial charge in [-0.1, -0.05) is 48.7 Å². The lowest BCUT2D eigenvalue weighted by atomic mass is 10.1. The Labute approximate surface area is 130 Å². The number of halogens is 1. The second-order valence-corrected chi connectivity index (χ2v) is 7.72. The summed E-state index contributed by atoms with van der Waals surface area (Å²) in [5.41, 5.74) is 0. The van der Waals surface area contributed by atoms with Gasteiger partial charge in [0.15, 0.2) is 0 Å². The summed E-state index contributed by atoms with van der Waals surface area (Å²) in [6.07, 6.45) is 4.08. The van der Waals surface area contributed by atoms with Gasteiger partial charge >= 0.3 is 0 Å². The molecule has 0 amide bonds. The summed E-state index contributed by atoms with van der Waals surface area (Å²) < 4.78 is 27.5. The first-order valence-electron chi connectivity index (χ1n) is 7.28. The maximum absolute atomic E-state index is 12.9.